The van der Waals surface area contributed by atoms with Crippen LogP contribution in [0.5, 0.6) is 0 Å². The molecule has 102 valence electrons. The molecule has 3 fully saturated rings. The number of hydrogen-bond donors (Lipinski definition) is 1. The zero-order valence-electron chi connectivity index (χ0n) is 11.4. The van der Waals surface area contributed by atoms with Gasteiger partial charge in [0.15, 0.2) is 5.17 Å². The van der Waals surface area contributed by atoms with Gasteiger partial charge in [0.05, 0.1) is 6.54 Å². The highest BCUT2D eigenvalue weighted by Crippen LogP contribution is 2.32. The van der Waals surface area contributed by atoms with Crippen molar-refractivity contribution in [2.45, 2.75) is 51.1 Å². The normalized spacial score (nSPS) is 33.8. The molecular weight excluding hydrogens is 242 g/mol. The molecule has 0 radical (unpaired) electrons. The monoisotopic (exact) mass is 267 g/mol. The molecule has 3 aliphatic rings. The molecule has 0 bridgehead atoms. The molecule has 2 aliphatic carbocycles. The van der Waals surface area contributed by atoms with Crippen molar-refractivity contribution in [3.63, 3.8) is 0 Å². The van der Waals surface area contributed by atoms with Crippen LogP contribution in [0.2, 0.25) is 0 Å². The largest absolute Gasteiger partial charge is 0.362 e. The Labute approximate surface area is 115 Å². The Morgan fingerprint density at radius 3 is 3.00 bits per heavy atom. The molecule has 0 aromatic rings. The lowest BCUT2D eigenvalue weighted by Gasteiger charge is -2.28. The van der Waals surface area contributed by atoms with E-state index in [1.54, 1.807) is 0 Å². The number of nitrogens with zero attached hydrogens (tertiary/aromatic N) is 2. The van der Waals surface area contributed by atoms with Crippen molar-refractivity contribution >= 4 is 16.9 Å². The van der Waals surface area contributed by atoms with Crippen LogP contribution in [0.15, 0.2) is 4.99 Å². The first-order chi connectivity index (χ1) is 8.86. The van der Waals surface area contributed by atoms with Gasteiger partial charge in [-0.3, -0.25) is 9.89 Å². The second kappa shape index (κ2) is 5.83. The molecule has 2 unspecified atom stereocenters. The summed E-state index contributed by atoms with van der Waals surface area (Å²) < 4.78 is 0. The second-order valence-corrected chi connectivity index (χ2v) is 6.81. The van der Waals surface area contributed by atoms with Crippen LogP contribution in [-0.2, 0) is 0 Å². The molecule has 3 nitrogen and oxygen atoms in total. The minimum atomic E-state index is 0.732. The van der Waals surface area contributed by atoms with Crippen LogP contribution in [0.25, 0.3) is 0 Å². The molecule has 1 aliphatic heterocycles. The quantitative estimate of drug-likeness (QED) is 0.828. The highest BCUT2D eigenvalue weighted by atomic mass is 32.2. The fourth-order valence-corrected chi connectivity index (χ4v) is 4.41. The van der Waals surface area contributed by atoms with Crippen molar-refractivity contribution in [3.05, 3.63) is 0 Å². The maximum Gasteiger partial charge on any atom is 0.156 e. The van der Waals surface area contributed by atoms with Gasteiger partial charge >= 0.3 is 0 Å². The van der Waals surface area contributed by atoms with E-state index in [1.165, 1.54) is 49.6 Å². The first-order valence-corrected chi connectivity index (χ1v) is 8.53. The molecule has 0 aromatic heterocycles. The first-order valence-electron chi connectivity index (χ1n) is 7.54. The van der Waals surface area contributed by atoms with Crippen molar-refractivity contribution in [1.82, 2.24) is 10.2 Å². The van der Waals surface area contributed by atoms with Gasteiger partial charge in [0.2, 0.25) is 0 Å². The van der Waals surface area contributed by atoms with Crippen LogP contribution >= 0.6 is 11.8 Å². The third-order valence-electron chi connectivity index (χ3n) is 4.51. The number of aliphatic imine (C=N–C) groups is 1. The minimum absolute atomic E-state index is 0.732. The van der Waals surface area contributed by atoms with Gasteiger partial charge in [0.1, 0.15) is 0 Å². The number of hydrogen-bond acceptors (Lipinski definition) is 3. The lowest BCUT2D eigenvalue weighted by Crippen LogP contribution is -2.41. The molecule has 3 rings (SSSR count). The van der Waals surface area contributed by atoms with E-state index in [9.17, 15) is 0 Å². The number of fused-ring (bicyclic) bond motifs is 1. The molecule has 0 amide bonds. The Morgan fingerprint density at radius 1 is 1.33 bits per heavy atom. The van der Waals surface area contributed by atoms with Crippen molar-refractivity contribution in [1.29, 1.82) is 0 Å². The van der Waals surface area contributed by atoms with Gasteiger partial charge in [-0.1, -0.05) is 25.1 Å². The van der Waals surface area contributed by atoms with Crippen molar-refractivity contribution < 1.29 is 0 Å². The lowest BCUT2D eigenvalue weighted by atomic mass is 10.1. The van der Waals surface area contributed by atoms with Gasteiger partial charge in [-0.05, 0) is 38.1 Å². The molecule has 4 heteroatoms. The maximum atomic E-state index is 4.77. The topological polar surface area (TPSA) is 27.6 Å². The first kappa shape index (κ1) is 12.8. The van der Waals surface area contributed by atoms with Crippen LogP contribution in [0.4, 0.5) is 0 Å². The summed E-state index contributed by atoms with van der Waals surface area (Å²) >= 11 is 1.94. The number of likely N-dealkylation sites (N-methyl/N-ethyl adjacent to an activating group) is 1. The van der Waals surface area contributed by atoms with E-state index in [2.05, 4.69) is 17.1 Å². The average molecular weight is 267 g/mol. The van der Waals surface area contributed by atoms with Crippen LogP contribution in [0, 0.1) is 5.92 Å². The second-order valence-electron chi connectivity index (χ2n) is 5.80. The Hall–Kier alpha value is -0.220. The number of rotatable bonds is 5. The van der Waals surface area contributed by atoms with Gasteiger partial charge < -0.3 is 5.32 Å². The smallest absolute Gasteiger partial charge is 0.156 e. The molecule has 2 atom stereocenters. The molecule has 0 spiro atoms. The lowest BCUT2D eigenvalue weighted by molar-refractivity contribution is 0.286. The van der Waals surface area contributed by atoms with E-state index in [0.29, 0.717) is 0 Å². The van der Waals surface area contributed by atoms with Crippen LogP contribution < -0.4 is 5.32 Å². The molecule has 18 heavy (non-hydrogen) atoms. The summed E-state index contributed by atoms with van der Waals surface area (Å²) in [6, 6.07) is 1.61. The Bertz CT molecular complexity index is 314. The van der Waals surface area contributed by atoms with Gasteiger partial charge in [0, 0.05) is 24.4 Å². The third kappa shape index (κ3) is 3.02. The van der Waals surface area contributed by atoms with E-state index in [-0.39, 0.29) is 0 Å². The number of nitrogens with one attached hydrogen (secondary N) is 1. The third-order valence-corrected chi connectivity index (χ3v) is 5.63. The van der Waals surface area contributed by atoms with Crippen molar-refractivity contribution in [2.75, 3.05) is 25.4 Å². The predicted octanol–water partition coefficient (Wildman–Crippen LogP) is 2.33. The summed E-state index contributed by atoms with van der Waals surface area (Å²) in [4.78, 5) is 7.35. The van der Waals surface area contributed by atoms with E-state index in [0.717, 1.165) is 31.1 Å². The fraction of sp³-hybridized carbons (Fsp3) is 0.929. The van der Waals surface area contributed by atoms with Crippen molar-refractivity contribution in [2.24, 2.45) is 10.9 Å². The van der Waals surface area contributed by atoms with E-state index in [4.69, 9.17) is 4.99 Å². The van der Waals surface area contributed by atoms with E-state index in [1.807, 2.05) is 11.8 Å². The highest BCUT2D eigenvalue weighted by Gasteiger charge is 2.32. The minimum Gasteiger partial charge on any atom is -0.362 e. The Morgan fingerprint density at radius 2 is 2.22 bits per heavy atom. The fourth-order valence-electron chi connectivity index (χ4n) is 3.22. The Balaban J connectivity index is 1.44. The SMILES string of the molecule is CCN(CCN=C1NC2CCCC2CS1)C1CC1. The summed E-state index contributed by atoms with van der Waals surface area (Å²) in [5.41, 5.74) is 0. The van der Waals surface area contributed by atoms with E-state index < -0.39 is 0 Å². The molecule has 0 aromatic carbocycles. The van der Waals surface area contributed by atoms with Crippen LogP contribution in [0.3, 0.4) is 0 Å². The molecule has 1 saturated heterocycles. The standard InChI is InChI=1S/C14H25N3S/c1-2-17(12-6-7-12)9-8-15-14-16-13-5-3-4-11(13)10-18-14/h11-13H,2-10H2,1H3,(H,15,16). The Kier molecular flexibility index (Phi) is 4.14. The van der Waals surface area contributed by atoms with Crippen LogP contribution in [-0.4, -0.2) is 47.5 Å². The molecule has 1 heterocycles. The van der Waals surface area contributed by atoms with Gasteiger partial charge in [-0.25, -0.2) is 0 Å². The summed E-state index contributed by atoms with van der Waals surface area (Å²) in [7, 11) is 0. The predicted molar refractivity (Wildman–Crippen MR) is 79.3 cm³/mol. The maximum absolute atomic E-state index is 4.77. The average Bonchev–Trinajstić information content (AvgIpc) is 3.12. The molecule has 2 saturated carbocycles. The van der Waals surface area contributed by atoms with Crippen LogP contribution in [0.1, 0.15) is 39.0 Å². The van der Waals surface area contributed by atoms with Gasteiger partial charge in [-0.15, -0.1) is 0 Å². The summed E-state index contributed by atoms with van der Waals surface area (Å²) in [6.07, 6.45) is 6.99. The zero-order chi connectivity index (χ0) is 12.4. The molecular formula is C14H25N3S. The summed E-state index contributed by atoms with van der Waals surface area (Å²) in [6.45, 7) is 5.56. The number of amidine groups is 1. The van der Waals surface area contributed by atoms with Gasteiger partial charge in [0.25, 0.3) is 0 Å². The number of thioether (sulfide) groups is 1. The summed E-state index contributed by atoms with van der Waals surface area (Å²) in [5.74, 6) is 2.20. The van der Waals surface area contributed by atoms with Gasteiger partial charge in [-0.2, -0.15) is 0 Å². The zero-order valence-corrected chi connectivity index (χ0v) is 12.2. The molecule has 1 N–H and O–H groups in total. The summed E-state index contributed by atoms with van der Waals surface area (Å²) in [5, 5.41) is 4.86. The van der Waals surface area contributed by atoms with E-state index >= 15 is 0 Å². The highest BCUT2D eigenvalue weighted by molar-refractivity contribution is 8.13. The van der Waals surface area contributed by atoms with Crippen molar-refractivity contribution in [3.8, 4) is 0 Å².